The molecule has 2 aromatic carbocycles. The van der Waals surface area contributed by atoms with E-state index in [1.165, 1.54) is 11.0 Å². The van der Waals surface area contributed by atoms with Crippen molar-refractivity contribution in [3.63, 3.8) is 0 Å². The maximum absolute atomic E-state index is 12.8. The summed E-state index contributed by atoms with van der Waals surface area (Å²) in [7, 11) is 1.59. The molecule has 1 amide bonds. The highest BCUT2D eigenvalue weighted by molar-refractivity contribution is 6.31. The zero-order valence-electron chi connectivity index (χ0n) is 15.0. The molecule has 0 saturated carbocycles. The summed E-state index contributed by atoms with van der Waals surface area (Å²) in [5, 5.41) is 19.8. The monoisotopic (exact) mass is 393 g/mol. The number of carboxylic acids is 1. The number of carboxylic acid groups (broad SMARTS) is 1. The first-order chi connectivity index (χ1) is 13.4. The first kappa shape index (κ1) is 19.2. The lowest BCUT2D eigenvalue weighted by atomic mass is 10.1. The first-order valence-corrected chi connectivity index (χ1v) is 8.73. The van der Waals surface area contributed by atoms with Gasteiger partial charge in [-0.3, -0.25) is 9.59 Å². The van der Waals surface area contributed by atoms with Crippen molar-refractivity contribution >= 4 is 46.1 Å². The van der Waals surface area contributed by atoms with Crippen LogP contribution in [0.5, 0.6) is 0 Å². The van der Waals surface area contributed by atoms with Crippen molar-refractivity contribution in [2.24, 2.45) is 0 Å². The molecule has 0 spiro atoms. The van der Waals surface area contributed by atoms with Gasteiger partial charge in [-0.05, 0) is 36.4 Å². The normalized spacial score (nSPS) is 11.2. The molecule has 0 saturated heterocycles. The number of likely N-dealkylation sites (N-methyl/N-ethyl adjacent to an activating group) is 1. The quantitative estimate of drug-likeness (QED) is 0.525. The Morgan fingerprint density at radius 1 is 1.25 bits per heavy atom. The molecule has 0 bridgehead atoms. The Labute approximate surface area is 166 Å². The van der Waals surface area contributed by atoms with Gasteiger partial charge in [0, 0.05) is 40.4 Å². The highest BCUT2D eigenvalue weighted by Gasteiger charge is 2.18. The molecule has 3 rings (SSSR count). The Kier molecular flexibility index (Phi) is 5.48. The number of nitrogens with zero attached hydrogens (tertiary/aromatic N) is 3. The lowest BCUT2D eigenvalue weighted by Gasteiger charge is -2.16. The Balaban J connectivity index is 2.06. The van der Waals surface area contributed by atoms with Crippen LogP contribution in [-0.2, 0) is 16.1 Å². The number of rotatable bonds is 5. The molecular formula is C21H16ClN3O3. The smallest absolute Gasteiger partial charge is 0.323 e. The first-order valence-electron chi connectivity index (χ1n) is 8.36. The minimum Gasteiger partial charge on any atom is -0.480 e. The van der Waals surface area contributed by atoms with Crippen molar-refractivity contribution < 1.29 is 14.7 Å². The van der Waals surface area contributed by atoms with E-state index in [-0.39, 0.29) is 12.1 Å². The molecule has 0 unspecified atom stereocenters. The van der Waals surface area contributed by atoms with Gasteiger partial charge in [-0.15, -0.1) is 0 Å². The van der Waals surface area contributed by atoms with Crippen LogP contribution < -0.4 is 4.90 Å². The maximum Gasteiger partial charge on any atom is 0.323 e. The van der Waals surface area contributed by atoms with Crippen LogP contribution in [0.1, 0.15) is 5.56 Å². The standard InChI is InChI=1S/C21H16ClN3O3/c1-24(17-5-3-2-4-6-17)21(28)14(11-23)9-15-12-25(13-20(26)27)19-8-7-16(22)10-18(15)19/h2-10,12H,13H2,1H3,(H,26,27)/b14-9+. The fraction of sp³-hybridized carbons (Fsp3) is 0.0952. The summed E-state index contributed by atoms with van der Waals surface area (Å²) in [6, 6.07) is 16.0. The molecule has 0 aliphatic carbocycles. The Morgan fingerprint density at radius 3 is 2.61 bits per heavy atom. The predicted octanol–water partition coefficient (Wildman–Crippen LogP) is 3.95. The number of fused-ring (bicyclic) bond motifs is 1. The average Bonchev–Trinajstić information content (AvgIpc) is 3.01. The number of aromatic nitrogens is 1. The van der Waals surface area contributed by atoms with Crippen LogP contribution in [0.2, 0.25) is 5.02 Å². The third kappa shape index (κ3) is 3.90. The fourth-order valence-electron chi connectivity index (χ4n) is 2.94. The van der Waals surface area contributed by atoms with E-state index in [4.69, 9.17) is 16.7 Å². The third-order valence-corrected chi connectivity index (χ3v) is 4.51. The van der Waals surface area contributed by atoms with Gasteiger partial charge in [0.05, 0.1) is 0 Å². The van der Waals surface area contributed by atoms with E-state index in [0.717, 1.165) is 0 Å². The van der Waals surface area contributed by atoms with E-state index in [0.29, 0.717) is 27.2 Å². The van der Waals surface area contributed by atoms with Gasteiger partial charge < -0.3 is 14.6 Å². The molecule has 3 aromatic rings. The number of para-hydroxylation sites is 1. The zero-order valence-corrected chi connectivity index (χ0v) is 15.7. The number of benzene rings is 2. The van der Waals surface area contributed by atoms with E-state index in [1.807, 2.05) is 12.1 Å². The van der Waals surface area contributed by atoms with Crippen molar-refractivity contribution in [3.05, 3.63) is 70.9 Å². The van der Waals surface area contributed by atoms with Crippen LogP contribution in [0.15, 0.2) is 60.3 Å². The Morgan fingerprint density at radius 2 is 1.96 bits per heavy atom. The maximum atomic E-state index is 12.8. The molecule has 0 aliphatic heterocycles. The second kappa shape index (κ2) is 7.99. The number of nitriles is 1. The van der Waals surface area contributed by atoms with E-state index < -0.39 is 11.9 Å². The predicted molar refractivity (Wildman–Crippen MR) is 108 cm³/mol. The lowest BCUT2D eigenvalue weighted by molar-refractivity contribution is -0.137. The molecule has 0 aliphatic rings. The minimum atomic E-state index is -0.997. The second-order valence-corrected chi connectivity index (χ2v) is 6.57. The number of hydrogen-bond donors (Lipinski definition) is 1. The molecule has 140 valence electrons. The Hall–Kier alpha value is -3.56. The van der Waals surface area contributed by atoms with Gasteiger partial charge in [0.15, 0.2) is 0 Å². The van der Waals surface area contributed by atoms with Gasteiger partial charge in [0.1, 0.15) is 18.2 Å². The molecule has 6 nitrogen and oxygen atoms in total. The van der Waals surface area contributed by atoms with Gasteiger partial charge in [0.25, 0.3) is 5.91 Å². The minimum absolute atomic E-state index is 0.0688. The van der Waals surface area contributed by atoms with Gasteiger partial charge in [-0.1, -0.05) is 29.8 Å². The van der Waals surface area contributed by atoms with Crippen LogP contribution in [-0.4, -0.2) is 28.6 Å². The lowest BCUT2D eigenvalue weighted by Crippen LogP contribution is -2.27. The van der Waals surface area contributed by atoms with Crippen LogP contribution in [0.3, 0.4) is 0 Å². The second-order valence-electron chi connectivity index (χ2n) is 6.14. The van der Waals surface area contributed by atoms with Crippen LogP contribution >= 0.6 is 11.6 Å². The average molecular weight is 394 g/mol. The SMILES string of the molecule is CN(C(=O)/C(C#N)=C/c1cn(CC(=O)O)c2ccc(Cl)cc12)c1ccccc1. The van der Waals surface area contributed by atoms with Gasteiger partial charge >= 0.3 is 5.97 Å². The Bertz CT molecular complexity index is 1130. The summed E-state index contributed by atoms with van der Waals surface area (Å²) in [5.41, 5.74) is 1.79. The number of carbonyl (C=O) groups excluding carboxylic acids is 1. The van der Waals surface area contributed by atoms with E-state index in [9.17, 15) is 14.9 Å². The van der Waals surface area contributed by atoms with E-state index >= 15 is 0 Å². The number of hydrogen-bond acceptors (Lipinski definition) is 3. The van der Waals surface area contributed by atoms with Gasteiger partial charge in [0.2, 0.25) is 0 Å². The topological polar surface area (TPSA) is 86.3 Å². The number of carbonyl (C=O) groups is 2. The van der Waals surface area contributed by atoms with Crippen LogP contribution in [0.25, 0.3) is 17.0 Å². The molecular weight excluding hydrogens is 378 g/mol. The highest BCUT2D eigenvalue weighted by atomic mass is 35.5. The summed E-state index contributed by atoms with van der Waals surface area (Å²) in [5.74, 6) is -1.46. The molecule has 28 heavy (non-hydrogen) atoms. The molecule has 1 N–H and O–H groups in total. The van der Waals surface area contributed by atoms with Gasteiger partial charge in [-0.2, -0.15) is 5.26 Å². The number of anilines is 1. The van der Waals surface area contributed by atoms with Crippen molar-refractivity contribution in [2.45, 2.75) is 6.54 Å². The molecule has 1 heterocycles. The summed E-state index contributed by atoms with van der Waals surface area (Å²) in [6.07, 6.45) is 3.06. The molecule has 0 atom stereocenters. The largest absolute Gasteiger partial charge is 0.480 e. The van der Waals surface area contributed by atoms with Crippen molar-refractivity contribution in [3.8, 4) is 6.07 Å². The van der Waals surface area contributed by atoms with Crippen molar-refractivity contribution in [2.75, 3.05) is 11.9 Å². The third-order valence-electron chi connectivity index (χ3n) is 4.28. The summed E-state index contributed by atoms with van der Waals surface area (Å²) in [6.45, 7) is -0.244. The molecule has 0 fully saturated rings. The van der Waals surface area contributed by atoms with Crippen molar-refractivity contribution in [1.82, 2.24) is 4.57 Å². The molecule has 7 heteroatoms. The molecule has 1 aromatic heterocycles. The summed E-state index contributed by atoms with van der Waals surface area (Å²) < 4.78 is 1.54. The van der Waals surface area contributed by atoms with Crippen LogP contribution in [0.4, 0.5) is 5.69 Å². The highest BCUT2D eigenvalue weighted by Crippen LogP contribution is 2.27. The number of aliphatic carboxylic acids is 1. The van der Waals surface area contributed by atoms with E-state index in [2.05, 4.69) is 0 Å². The zero-order chi connectivity index (χ0) is 20.3. The summed E-state index contributed by atoms with van der Waals surface area (Å²) in [4.78, 5) is 25.3. The number of halogens is 1. The van der Waals surface area contributed by atoms with Crippen molar-refractivity contribution in [1.29, 1.82) is 5.26 Å². The van der Waals surface area contributed by atoms with Crippen LogP contribution in [0, 0.1) is 11.3 Å². The molecule has 0 radical (unpaired) electrons. The fourth-order valence-corrected chi connectivity index (χ4v) is 3.11. The number of amides is 1. The van der Waals surface area contributed by atoms with Gasteiger partial charge in [-0.25, -0.2) is 0 Å². The van der Waals surface area contributed by atoms with E-state index in [1.54, 1.807) is 60.3 Å². The summed E-state index contributed by atoms with van der Waals surface area (Å²) >= 11 is 6.08.